The van der Waals surface area contributed by atoms with Crippen molar-refractivity contribution in [1.29, 1.82) is 0 Å². The molecule has 0 saturated heterocycles. The van der Waals surface area contributed by atoms with Gasteiger partial charge in [-0.1, -0.05) is 19.9 Å². The standard InChI is InChI=1S/C27H37N5O3/c1-16(2)15-35-27-23(26(34)31-24-20-9-17-8-18(11-20)12-21(24)10-17)14-30-32(27)22-5-3-4-19(13-22)25(33)29-7-6-28/h3-5,13-14,16-18,20-21,24H,6-12,15,28H2,1-2H3,(H,29,33)(H,31,34). The Labute approximate surface area is 207 Å². The lowest BCUT2D eigenvalue weighted by molar-refractivity contribution is -0.0120. The lowest BCUT2D eigenvalue weighted by Gasteiger charge is -2.54. The van der Waals surface area contributed by atoms with Gasteiger partial charge in [0.15, 0.2) is 0 Å². The van der Waals surface area contributed by atoms with Crippen molar-refractivity contribution in [1.82, 2.24) is 20.4 Å². The monoisotopic (exact) mass is 479 g/mol. The summed E-state index contributed by atoms with van der Waals surface area (Å²) in [4.78, 5) is 26.0. The molecule has 1 aromatic heterocycles. The molecule has 4 N–H and O–H groups in total. The number of nitrogens with one attached hydrogen (secondary N) is 2. The molecule has 0 aliphatic heterocycles. The molecule has 4 aliphatic carbocycles. The highest BCUT2D eigenvalue weighted by Gasteiger charge is 2.48. The Morgan fingerprint density at radius 1 is 1.11 bits per heavy atom. The van der Waals surface area contributed by atoms with Crippen LogP contribution in [0.4, 0.5) is 0 Å². The van der Waals surface area contributed by atoms with E-state index in [9.17, 15) is 9.59 Å². The number of nitrogens with two attached hydrogens (primary N) is 1. The van der Waals surface area contributed by atoms with Crippen molar-refractivity contribution in [2.24, 2.45) is 35.3 Å². The van der Waals surface area contributed by atoms with Crippen LogP contribution in [0.1, 0.15) is 66.7 Å². The molecular weight excluding hydrogens is 442 g/mol. The fourth-order valence-corrected chi connectivity index (χ4v) is 6.52. The molecule has 1 aromatic carbocycles. The van der Waals surface area contributed by atoms with Gasteiger partial charge < -0.3 is 21.1 Å². The first-order valence-electron chi connectivity index (χ1n) is 13.0. The molecule has 188 valence electrons. The average molecular weight is 480 g/mol. The lowest BCUT2D eigenvalue weighted by Crippen LogP contribution is -2.55. The van der Waals surface area contributed by atoms with Crippen LogP contribution in [0.3, 0.4) is 0 Å². The molecular formula is C27H37N5O3. The van der Waals surface area contributed by atoms with Crippen LogP contribution in [0.25, 0.3) is 5.69 Å². The molecule has 1 heterocycles. The molecule has 0 atom stereocenters. The van der Waals surface area contributed by atoms with E-state index in [-0.39, 0.29) is 23.8 Å². The quantitative estimate of drug-likeness (QED) is 0.512. The van der Waals surface area contributed by atoms with Crippen molar-refractivity contribution in [3.63, 3.8) is 0 Å². The SMILES string of the molecule is CC(C)COc1c(C(=O)NC2C3CC4CC(C3)CC2C4)cnn1-c1cccc(C(=O)NCCN)c1. The Morgan fingerprint density at radius 3 is 2.49 bits per heavy atom. The number of carbonyl (C=O) groups is 2. The van der Waals surface area contributed by atoms with Gasteiger partial charge in [0.1, 0.15) is 5.56 Å². The van der Waals surface area contributed by atoms with Gasteiger partial charge in [-0.15, -0.1) is 0 Å². The van der Waals surface area contributed by atoms with E-state index in [2.05, 4.69) is 29.6 Å². The molecule has 8 heteroatoms. The predicted molar refractivity (Wildman–Crippen MR) is 134 cm³/mol. The van der Waals surface area contributed by atoms with E-state index in [0.29, 0.717) is 54.2 Å². The van der Waals surface area contributed by atoms with E-state index in [1.807, 2.05) is 6.07 Å². The topological polar surface area (TPSA) is 111 Å². The van der Waals surface area contributed by atoms with Crippen molar-refractivity contribution in [3.05, 3.63) is 41.6 Å². The van der Waals surface area contributed by atoms with E-state index in [0.717, 1.165) is 11.8 Å². The van der Waals surface area contributed by atoms with Crippen LogP contribution in [0, 0.1) is 29.6 Å². The van der Waals surface area contributed by atoms with E-state index in [4.69, 9.17) is 10.5 Å². The van der Waals surface area contributed by atoms with Gasteiger partial charge >= 0.3 is 0 Å². The van der Waals surface area contributed by atoms with Crippen molar-refractivity contribution in [3.8, 4) is 11.6 Å². The molecule has 0 radical (unpaired) electrons. The number of ether oxygens (including phenoxy) is 1. The van der Waals surface area contributed by atoms with Gasteiger partial charge in [-0.2, -0.15) is 5.10 Å². The van der Waals surface area contributed by atoms with Crippen LogP contribution < -0.4 is 21.1 Å². The van der Waals surface area contributed by atoms with Gasteiger partial charge in [-0.25, -0.2) is 4.68 Å². The summed E-state index contributed by atoms with van der Waals surface area (Å²) >= 11 is 0. The summed E-state index contributed by atoms with van der Waals surface area (Å²) in [6.45, 7) is 5.37. The fourth-order valence-electron chi connectivity index (χ4n) is 6.52. The Morgan fingerprint density at radius 2 is 1.83 bits per heavy atom. The number of hydrogen-bond acceptors (Lipinski definition) is 5. The molecule has 0 unspecified atom stereocenters. The van der Waals surface area contributed by atoms with Crippen molar-refractivity contribution in [2.75, 3.05) is 19.7 Å². The fraction of sp³-hybridized carbons (Fsp3) is 0.593. The number of benzene rings is 1. The van der Waals surface area contributed by atoms with E-state index >= 15 is 0 Å². The molecule has 4 saturated carbocycles. The van der Waals surface area contributed by atoms with Crippen LogP contribution in [0.5, 0.6) is 5.88 Å². The van der Waals surface area contributed by atoms with Crippen LogP contribution in [-0.2, 0) is 0 Å². The van der Waals surface area contributed by atoms with Crippen LogP contribution >= 0.6 is 0 Å². The van der Waals surface area contributed by atoms with Gasteiger partial charge in [0, 0.05) is 24.7 Å². The summed E-state index contributed by atoms with van der Waals surface area (Å²) in [5.74, 6) is 3.27. The third-order valence-electron chi connectivity index (χ3n) is 7.83. The Bertz CT molecular complexity index is 1050. The maximum absolute atomic E-state index is 13.5. The van der Waals surface area contributed by atoms with Crippen molar-refractivity contribution in [2.45, 2.75) is 52.0 Å². The van der Waals surface area contributed by atoms with Gasteiger partial charge in [0.25, 0.3) is 11.8 Å². The van der Waals surface area contributed by atoms with Gasteiger partial charge in [0.2, 0.25) is 5.88 Å². The van der Waals surface area contributed by atoms with Gasteiger partial charge in [0.05, 0.1) is 18.5 Å². The summed E-state index contributed by atoms with van der Waals surface area (Å²) < 4.78 is 7.76. The first-order valence-corrected chi connectivity index (χ1v) is 13.0. The summed E-state index contributed by atoms with van der Waals surface area (Å²) in [5.41, 5.74) is 7.11. The molecule has 35 heavy (non-hydrogen) atoms. The number of nitrogens with zero attached hydrogens (tertiary/aromatic N) is 2. The summed E-state index contributed by atoms with van der Waals surface area (Å²) in [5, 5.41) is 10.7. The van der Waals surface area contributed by atoms with E-state index in [1.54, 1.807) is 29.1 Å². The zero-order valence-electron chi connectivity index (χ0n) is 20.7. The molecule has 2 aromatic rings. The highest BCUT2D eigenvalue weighted by atomic mass is 16.5. The van der Waals surface area contributed by atoms with Crippen LogP contribution in [0.15, 0.2) is 30.5 Å². The lowest BCUT2D eigenvalue weighted by atomic mass is 9.54. The molecule has 0 spiro atoms. The molecule has 2 amide bonds. The van der Waals surface area contributed by atoms with Crippen molar-refractivity contribution >= 4 is 11.8 Å². The first-order chi connectivity index (χ1) is 16.9. The van der Waals surface area contributed by atoms with Crippen molar-refractivity contribution < 1.29 is 14.3 Å². The minimum Gasteiger partial charge on any atom is -0.477 e. The largest absolute Gasteiger partial charge is 0.477 e. The maximum Gasteiger partial charge on any atom is 0.258 e. The molecule has 6 rings (SSSR count). The zero-order chi connectivity index (χ0) is 24.5. The molecule has 4 bridgehead atoms. The second kappa shape index (κ2) is 10.0. The number of rotatable bonds is 9. The Hall–Kier alpha value is -2.87. The first kappa shape index (κ1) is 23.9. The summed E-state index contributed by atoms with van der Waals surface area (Å²) in [7, 11) is 0. The van der Waals surface area contributed by atoms with Crippen LogP contribution in [0.2, 0.25) is 0 Å². The van der Waals surface area contributed by atoms with E-state index < -0.39 is 0 Å². The van der Waals surface area contributed by atoms with E-state index in [1.165, 1.54) is 32.1 Å². The maximum atomic E-state index is 13.5. The number of amides is 2. The third kappa shape index (κ3) is 4.94. The Balaban J connectivity index is 1.39. The Kier molecular flexibility index (Phi) is 6.82. The second-order valence-corrected chi connectivity index (χ2v) is 11.0. The molecule has 4 aliphatic rings. The second-order valence-electron chi connectivity index (χ2n) is 11.0. The third-order valence-corrected chi connectivity index (χ3v) is 7.83. The number of hydrogen-bond donors (Lipinski definition) is 3. The summed E-state index contributed by atoms with van der Waals surface area (Å²) in [6.07, 6.45) is 7.94. The van der Waals surface area contributed by atoms with Gasteiger partial charge in [-0.05, 0) is 79.9 Å². The smallest absolute Gasteiger partial charge is 0.258 e. The highest BCUT2D eigenvalue weighted by Crippen LogP contribution is 2.53. The normalized spacial score (nSPS) is 26.7. The van der Waals surface area contributed by atoms with Crippen LogP contribution in [-0.4, -0.2) is 47.3 Å². The molecule has 4 fully saturated rings. The zero-order valence-corrected chi connectivity index (χ0v) is 20.7. The highest BCUT2D eigenvalue weighted by molar-refractivity contribution is 5.97. The number of carbonyl (C=O) groups excluding carboxylic acids is 2. The minimum atomic E-state index is -0.200. The molecule has 8 nitrogen and oxygen atoms in total. The van der Waals surface area contributed by atoms with Gasteiger partial charge in [-0.3, -0.25) is 9.59 Å². The number of aromatic nitrogens is 2. The predicted octanol–water partition coefficient (Wildman–Crippen LogP) is 3.15. The average Bonchev–Trinajstić information content (AvgIpc) is 3.27. The minimum absolute atomic E-state index is 0.121. The summed E-state index contributed by atoms with van der Waals surface area (Å²) in [6, 6.07) is 7.39.